The molecule has 0 radical (unpaired) electrons. The van der Waals surface area contributed by atoms with Crippen molar-refractivity contribution in [3.63, 3.8) is 0 Å². The Balaban J connectivity index is 2.02. The lowest BCUT2D eigenvalue weighted by atomic mass is 10.2. The first kappa shape index (κ1) is 15.3. The van der Waals surface area contributed by atoms with Gasteiger partial charge in [-0.3, -0.25) is 14.7 Å². The first-order valence-corrected chi connectivity index (χ1v) is 7.61. The summed E-state index contributed by atoms with van der Waals surface area (Å²) >= 11 is 1.44. The number of hydrogen-bond acceptors (Lipinski definition) is 5. The first-order valence-electron chi connectivity index (χ1n) is 6.63. The average molecular weight is 308 g/mol. The van der Waals surface area contributed by atoms with Gasteiger partial charge in [-0.1, -0.05) is 37.2 Å². The van der Waals surface area contributed by atoms with E-state index in [2.05, 4.69) is 17.1 Å². The number of aromatic amines is 1. The van der Waals surface area contributed by atoms with Crippen LogP contribution in [0.25, 0.3) is 0 Å². The molecule has 1 N–H and O–H groups in total. The van der Waals surface area contributed by atoms with Crippen LogP contribution in [0.1, 0.15) is 25.3 Å². The van der Waals surface area contributed by atoms with Crippen LogP contribution in [0.4, 0.5) is 5.69 Å². The minimum absolute atomic E-state index is 0.0726. The summed E-state index contributed by atoms with van der Waals surface area (Å²) in [5.74, 6) is 0.606. The monoisotopic (exact) mass is 308 g/mol. The fourth-order valence-electron chi connectivity index (χ4n) is 1.79. The molecular formula is C13H16N4O3S. The summed E-state index contributed by atoms with van der Waals surface area (Å²) in [5, 5.41) is 17.7. The third kappa shape index (κ3) is 3.94. The number of benzene rings is 1. The zero-order chi connectivity index (χ0) is 15.2. The highest BCUT2D eigenvalue weighted by molar-refractivity contribution is 7.98. The van der Waals surface area contributed by atoms with Crippen molar-refractivity contribution in [1.29, 1.82) is 0 Å². The van der Waals surface area contributed by atoms with Gasteiger partial charge >= 0.3 is 5.69 Å². The molecule has 2 aromatic rings. The lowest BCUT2D eigenvalue weighted by Gasteiger charge is -2.04. The van der Waals surface area contributed by atoms with Gasteiger partial charge < -0.3 is 0 Å². The van der Waals surface area contributed by atoms with Crippen LogP contribution in [0, 0.1) is 10.1 Å². The topological polar surface area (TPSA) is 93.8 Å². The predicted molar refractivity (Wildman–Crippen MR) is 80.4 cm³/mol. The van der Waals surface area contributed by atoms with Crippen molar-refractivity contribution in [1.82, 2.24) is 14.8 Å². The summed E-state index contributed by atoms with van der Waals surface area (Å²) in [6.45, 7) is 2.71. The number of H-pyrrole nitrogens is 1. The molecule has 0 bridgehead atoms. The molecule has 0 unspecified atom stereocenters. The zero-order valence-corrected chi connectivity index (χ0v) is 12.4. The Hall–Kier alpha value is -2.09. The Labute approximate surface area is 125 Å². The first-order chi connectivity index (χ1) is 10.1. The highest BCUT2D eigenvalue weighted by atomic mass is 32.2. The van der Waals surface area contributed by atoms with Gasteiger partial charge in [-0.05, 0) is 12.0 Å². The van der Waals surface area contributed by atoms with Crippen LogP contribution < -0.4 is 5.69 Å². The number of nitrogens with one attached hydrogen (secondary N) is 1. The molecule has 0 spiro atoms. The van der Waals surface area contributed by atoms with E-state index in [-0.39, 0.29) is 11.4 Å². The molecule has 112 valence electrons. The van der Waals surface area contributed by atoms with E-state index >= 15 is 0 Å². The van der Waals surface area contributed by atoms with Crippen LogP contribution in [-0.4, -0.2) is 19.7 Å². The van der Waals surface area contributed by atoms with Crippen LogP contribution >= 0.6 is 11.8 Å². The molecule has 1 aromatic heterocycles. The number of aromatic nitrogens is 3. The molecule has 0 saturated heterocycles. The van der Waals surface area contributed by atoms with Gasteiger partial charge in [-0.15, -0.1) is 5.10 Å². The minimum atomic E-state index is -0.424. The second kappa shape index (κ2) is 7.07. The lowest BCUT2D eigenvalue weighted by molar-refractivity contribution is -0.384. The number of rotatable bonds is 7. The van der Waals surface area contributed by atoms with Gasteiger partial charge in [0.05, 0.1) is 4.92 Å². The quantitative estimate of drug-likeness (QED) is 0.482. The fourth-order valence-corrected chi connectivity index (χ4v) is 2.72. The Morgan fingerprint density at radius 2 is 2.10 bits per heavy atom. The summed E-state index contributed by atoms with van der Waals surface area (Å²) in [5.41, 5.74) is 0.820. The molecule has 0 saturated carbocycles. The minimum Gasteiger partial charge on any atom is -0.270 e. The highest BCUT2D eigenvalue weighted by Gasteiger charge is 2.09. The summed E-state index contributed by atoms with van der Waals surface area (Å²) < 4.78 is 1.62. The van der Waals surface area contributed by atoms with Crippen LogP contribution in [0.3, 0.4) is 0 Å². The number of nitrogens with zero attached hydrogens (tertiary/aromatic N) is 3. The Morgan fingerprint density at radius 1 is 1.38 bits per heavy atom. The normalized spacial score (nSPS) is 10.7. The maximum Gasteiger partial charge on any atom is 0.343 e. The van der Waals surface area contributed by atoms with Gasteiger partial charge in [0.2, 0.25) is 0 Å². The summed E-state index contributed by atoms with van der Waals surface area (Å²) in [7, 11) is 0. The van der Waals surface area contributed by atoms with Gasteiger partial charge in [0.15, 0.2) is 5.16 Å². The lowest BCUT2D eigenvalue weighted by Crippen LogP contribution is -2.17. The van der Waals surface area contributed by atoms with E-state index in [0.717, 1.165) is 18.4 Å². The Bertz CT molecular complexity index is 663. The van der Waals surface area contributed by atoms with E-state index < -0.39 is 4.92 Å². The third-order valence-corrected chi connectivity index (χ3v) is 4.02. The maximum atomic E-state index is 11.6. The van der Waals surface area contributed by atoms with Crippen molar-refractivity contribution in [3.8, 4) is 0 Å². The molecule has 2 rings (SSSR count). The highest BCUT2D eigenvalue weighted by Crippen LogP contribution is 2.21. The van der Waals surface area contributed by atoms with Crippen LogP contribution in [0.5, 0.6) is 0 Å². The van der Waals surface area contributed by atoms with Crippen molar-refractivity contribution in [3.05, 3.63) is 50.4 Å². The second-order valence-electron chi connectivity index (χ2n) is 4.53. The van der Waals surface area contributed by atoms with Gasteiger partial charge in [0, 0.05) is 24.4 Å². The molecular weight excluding hydrogens is 292 g/mol. The molecule has 1 aromatic carbocycles. The van der Waals surface area contributed by atoms with E-state index in [0.29, 0.717) is 17.5 Å². The summed E-state index contributed by atoms with van der Waals surface area (Å²) in [4.78, 5) is 21.8. The molecule has 0 aliphatic carbocycles. The Morgan fingerprint density at radius 3 is 2.71 bits per heavy atom. The number of non-ortho nitro benzene ring substituents is 1. The van der Waals surface area contributed by atoms with E-state index in [4.69, 9.17) is 0 Å². The second-order valence-corrected chi connectivity index (χ2v) is 5.47. The van der Waals surface area contributed by atoms with E-state index in [9.17, 15) is 14.9 Å². The van der Waals surface area contributed by atoms with Crippen molar-refractivity contribution >= 4 is 17.4 Å². The average Bonchev–Trinajstić information content (AvgIpc) is 2.83. The molecule has 0 aliphatic heterocycles. The molecule has 0 fully saturated rings. The number of hydrogen-bond donors (Lipinski definition) is 1. The van der Waals surface area contributed by atoms with Gasteiger partial charge in [-0.25, -0.2) is 9.89 Å². The van der Waals surface area contributed by atoms with Crippen LogP contribution in [0.15, 0.2) is 34.2 Å². The smallest absolute Gasteiger partial charge is 0.270 e. The van der Waals surface area contributed by atoms with Gasteiger partial charge in [-0.2, -0.15) is 0 Å². The number of nitro groups is 1. The fraction of sp³-hybridized carbons (Fsp3) is 0.385. The molecule has 0 aliphatic rings. The van der Waals surface area contributed by atoms with E-state index in [1.807, 2.05) is 0 Å². The summed E-state index contributed by atoms with van der Waals surface area (Å²) in [6.07, 6.45) is 1.93. The number of unbranched alkanes of at least 4 members (excludes halogenated alkanes) is 1. The zero-order valence-electron chi connectivity index (χ0n) is 11.6. The number of nitro benzene ring substituents is 1. The molecule has 1 heterocycles. The molecule has 8 heteroatoms. The van der Waals surface area contributed by atoms with Crippen LogP contribution in [-0.2, 0) is 12.3 Å². The largest absolute Gasteiger partial charge is 0.343 e. The van der Waals surface area contributed by atoms with Gasteiger partial charge in [0.25, 0.3) is 5.69 Å². The number of thioether (sulfide) groups is 1. The Kier molecular flexibility index (Phi) is 5.15. The van der Waals surface area contributed by atoms with Crippen LogP contribution in [0.2, 0.25) is 0 Å². The van der Waals surface area contributed by atoms with E-state index in [1.165, 1.54) is 23.9 Å². The van der Waals surface area contributed by atoms with Crippen molar-refractivity contribution in [2.24, 2.45) is 0 Å². The molecule has 0 atom stereocenters. The molecule has 7 nitrogen and oxygen atoms in total. The van der Waals surface area contributed by atoms with Crippen molar-refractivity contribution in [2.45, 2.75) is 37.2 Å². The molecule has 21 heavy (non-hydrogen) atoms. The van der Waals surface area contributed by atoms with Crippen molar-refractivity contribution < 1.29 is 4.92 Å². The molecule has 0 amide bonds. The van der Waals surface area contributed by atoms with E-state index in [1.54, 1.807) is 16.7 Å². The SMILES string of the molecule is CCCCn1c(SCc2ccc([N+](=O)[O-])cc2)n[nH]c1=O. The van der Waals surface area contributed by atoms with Crippen molar-refractivity contribution in [2.75, 3.05) is 0 Å². The third-order valence-electron chi connectivity index (χ3n) is 2.97. The standard InChI is InChI=1S/C13H16N4O3S/c1-2-3-8-16-12(18)14-15-13(16)21-9-10-4-6-11(7-5-10)17(19)20/h4-7H,2-3,8-9H2,1H3,(H,14,18). The summed E-state index contributed by atoms with van der Waals surface area (Å²) in [6, 6.07) is 6.38. The maximum absolute atomic E-state index is 11.6. The van der Waals surface area contributed by atoms with Gasteiger partial charge in [0.1, 0.15) is 0 Å². The predicted octanol–water partition coefficient (Wildman–Crippen LogP) is 2.57.